The number of azide groups is 1. The predicted octanol–water partition coefficient (Wildman–Crippen LogP) is 3.00. The van der Waals surface area contributed by atoms with Gasteiger partial charge in [-0.05, 0) is 23.5 Å². The van der Waals surface area contributed by atoms with Gasteiger partial charge in [0.15, 0.2) is 17.2 Å². The summed E-state index contributed by atoms with van der Waals surface area (Å²) in [6, 6.07) is 0.912. The number of nitro benzene ring substituents is 2. The third kappa shape index (κ3) is 2.77. The van der Waals surface area contributed by atoms with E-state index in [1.54, 1.807) is 0 Å². The lowest BCUT2D eigenvalue weighted by atomic mass is 10.2. The van der Waals surface area contributed by atoms with Crippen LogP contribution in [0.1, 0.15) is 12.8 Å². The number of ether oxygens (including phenoxy) is 2. The number of fused-ring (bicyclic) bond motifs is 1. The molecule has 0 saturated carbocycles. The van der Waals surface area contributed by atoms with Gasteiger partial charge < -0.3 is 9.47 Å². The molecule has 1 heterocycles. The molecule has 0 N–H and O–H groups in total. The van der Waals surface area contributed by atoms with E-state index in [1.807, 2.05) is 0 Å². The van der Waals surface area contributed by atoms with Crippen LogP contribution in [0.4, 0.5) is 17.1 Å². The minimum absolute atomic E-state index is 0.0469. The second-order valence-corrected chi connectivity index (χ2v) is 4.03. The van der Waals surface area contributed by atoms with Gasteiger partial charge in [-0.3, -0.25) is 20.2 Å². The molecule has 0 amide bonds. The molecule has 11 heteroatoms. The monoisotopic (exact) mass is 295 g/mol. The molecule has 0 saturated heterocycles. The van der Waals surface area contributed by atoms with Crippen LogP contribution in [0.25, 0.3) is 10.4 Å². The Morgan fingerprint density at radius 2 is 1.86 bits per heavy atom. The smallest absolute Gasteiger partial charge is 0.359 e. The maximum absolute atomic E-state index is 11.1. The molecule has 1 aliphatic rings. The number of nitrogens with zero attached hydrogens (tertiary/aromatic N) is 5. The van der Waals surface area contributed by atoms with Crippen LogP contribution in [0.5, 0.6) is 11.5 Å². The molecule has 0 aromatic heterocycles. The molecule has 110 valence electrons. The van der Waals surface area contributed by atoms with Crippen LogP contribution in [0.3, 0.4) is 0 Å². The maximum Gasteiger partial charge on any atom is 0.359 e. The van der Waals surface area contributed by atoms with Crippen molar-refractivity contribution in [2.45, 2.75) is 12.8 Å². The lowest BCUT2D eigenvalue weighted by molar-refractivity contribution is -0.422. The van der Waals surface area contributed by atoms with Crippen LogP contribution in [0.15, 0.2) is 11.2 Å². The Bertz CT molecular complexity index is 654. The van der Waals surface area contributed by atoms with Crippen molar-refractivity contribution in [2.75, 3.05) is 13.2 Å². The zero-order valence-corrected chi connectivity index (χ0v) is 10.6. The topological polar surface area (TPSA) is 154 Å². The van der Waals surface area contributed by atoms with Crippen molar-refractivity contribution in [2.24, 2.45) is 5.11 Å². The summed E-state index contributed by atoms with van der Waals surface area (Å²) in [6.45, 7) is 0.514. The van der Waals surface area contributed by atoms with Gasteiger partial charge in [0.1, 0.15) is 0 Å². The highest BCUT2D eigenvalue weighted by atomic mass is 16.6. The molecular weight excluding hydrogens is 286 g/mol. The molecular formula is C10H9N5O6. The Hall–Kier alpha value is -3.07. The average Bonchev–Trinajstić information content (AvgIpc) is 2.39. The molecule has 11 nitrogen and oxygen atoms in total. The molecule has 1 aliphatic heterocycles. The van der Waals surface area contributed by atoms with E-state index in [9.17, 15) is 20.2 Å². The second-order valence-electron chi connectivity index (χ2n) is 4.03. The Labute approximate surface area is 117 Å². The van der Waals surface area contributed by atoms with Gasteiger partial charge in [-0.15, -0.1) is 0 Å². The van der Waals surface area contributed by atoms with Gasteiger partial charge in [-0.25, -0.2) is 0 Å². The lowest BCUT2D eigenvalue weighted by Gasteiger charge is -2.17. The Morgan fingerprint density at radius 3 is 2.43 bits per heavy atom. The molecule has 0 unspecified atom stereocenters. The molecule has 0 atom stereocenters. The number of rotatable bonds is 3. The molecule has 0 radical (unpaired) electrons. The Morgan fingerprint density at radius 1 is 1.19 bits per heavy atom. The standard InChI is InChI=1S/C10H9N5O6/c11-13-12-8-9(15(18)19)6(14(16)17)5-7-10(8)21-4-2-1-3-20-7/h5H,1-4H2. The van der Waals surface area contributed by atoms with E-state index in [4.69, 9.17) is 15.0 Å². The van der Waals surface area contributed by atoms with Crippen LogP contribution in [0.2, 0.25) is 0 Å². The molecule has 0 bridgehead atoms. The first-order chi connectivity index (χ1) is 10.1. The zero-order valence-electron chi connectivity index (χ0n) is 10.6. The minimum Gasteiger partial charge on any atom is -0.489 e. The fourth-order valence-corrected chi connectivity index (χ4v) is 1.87. The summed E-state index contributed by atoms with van der Waals surface area (Å²) in [7, 11) is 0. The fourth-order valence-electron chi connectivity index (χ4n) is 1.87. The van der Waals surface area contributed by atoms with Gasteiger partial charge in [-0.1, -0.05) is 0 Å². The minimum atomic E-state index is -0.982. The highest BCUT2D eigenvalue weighted by Crippen LogP contribution is 2.50. The van der Waals surface area contributed by atoms with Crippen molar-refractivity contribution in [1.82, 2.24) is 0 Å². The van der Waals surface area contributed by atoms with Gasteiger partial charge in [0.2, 0.25) is 0 Å². The largest absolute Gasteiger partial charge is 0.489 e. The summed E-state index contributed by atoms with van der Waals surface area (Å²) < 4.78 is 10.6. The van der Waals surface area contributed by atoms with E-state index >= 15 is 0 Å². The lowest BCUT2D eigenvalue weighted by Crippen LogP contribution is -2.10. The first-order valence-electron chi connectivity index (χ1n) is 5.86. The van der Waals surface area contributed by atoms with Crippen molar-refractivity contribution >= 4 is 17.1 Å². The zero-order chi connectivity index (χ0) is 15.4. The van der Waals surface area contributed by atoms with Crippen molar-refractivity contribution in [3.8, 4) is 11.5 Å². The fraction of sp³-hybridized carbons (Fsp3) is 0.400. The van der Waals surface area contributed by atoms with Crippen LogP contribution in [0, 0.1) is 20.2 Å². The van der Waals surface area contributed by atoms with E-state index in [2.05, 4.69) is 10.0 Å². The highest BCUT2D eigenvalue weighted by Gasteiger charge is 2.35. The third-order valence-electron chi connectivity index (χ3n) is 2.74. The first kappa shape index (κ1) is 14.3. The van der Waals surface area contributed by atoms with Gasteiger partial charge in [0.05, 0.1) is 29.1 Å². The molecule has 1 aromatic rings. The summed E-state index contributed by atoms with van der Waals surface area (Å²) in [5, 5.41) is 25.3. The molecule has 1 aromatic carbocycles. The van der Waals surface area contributed by atoms with Gasteiger partial charge in [-0.2, -0.15) is 0 Å². The van der Waals surface area contributed by atoms with Crippen LogP contribution < -0.4 is 9.47 Å². The number of benzene rings is 1. The highest BCUT2D eigenvalue weighted by molar-refractivity contribution is 5.79. The van der Waals surface area contributed by atoms with E-state index in [0.717, 1.165) is 6.07 Å². The van der Waals surface area contributed by atoms with E-state index < -0.39 is 26.9 Å². The van der Waals surface area contributed by atoms with Crippen LogP contribution in [-0.2, 0) is 0 Å². The van der Waals surface area contributed by atoms with Crippen molar-refractivity contribution in [1.29, 1.82) is 0 Å². The van der Waals surface area contributed by atoms with Crippen LogP contribution in [-0.4, -0.2) is 23.1 Å². The SMILES string of the molecule is [N-]=[N+]=Nc1c2c(cc([N+](=O)[O-])c1[N+](=O)[O-])OCCCCO2. The molecule has 0 spiro atoms. The summed E-state index contributed by atoms with van der Waals surface area (Å²) in [5.74, 6) is -0.195. The Balaban J connectivity index is 2.79. The maximum atomic E-state index is 11.1. The van der Waals surface area contributed by atoms with Crippen molar-refractivity contribution in [3.05, 3.63) is 36.7 Å². The van der Waals surface area contributed by atoms with E-state index in [1.165, 1.54) is 0 Å². The molecule has 0 fully saturated rings. The van der Waals surface area contributed by atoms with Crippen molar-refractivity contribution < 1.29 is 19.3 Å². The summed E-state index contributed by atoms with van der Waals surface area (Å²) in [4.78, 5) is 22.6. The molecule has 21 heavy (non-hydrogen) atoms. The van der Waals surface area contributed by atoms with Gasteiger partial charge in [0.25, 0.3) is 0 Å². The molecule has 0 aliphatic carbocycles. The Kier molecular flexibility index (Phi) is 4.05. The quantitative estimate of drug-likeness (QED) is 0.274. The predicted molar refractivity (Wildman–Crippen MR) is 68.8 cm³/mol. The number of hydrogen-bond acceptors (Lipinski definition) is 7. The first-order valence-corrected chi connectivity index (χ1v) is 5.86. The second kappa shape index (κ2) is 5.92. The van der Waals surface area contributed by atoms with Crippen LogP contribution >= 0.6 is 0 Å². The summed E-state index contributed by atoms with van der Waals surface area (Å²) >= 11 is 0. The van der Waals surface area contributed by atoms with Gasteiger partial charge in [0, 0.05) is 4.91 Å². The normalized spacial score (nSPS) is 13.5. The van der Waals surface area contributed by atoms with E-state index in [0.29, 0.717) is 12.8 Å². The molecule has 2 rings (SSSR count). The summed E-state index contributed by atoms with van der Waals surface area (Å²) in [6.07, 6.45) is 1.31. The average molecular weight is 295 g/mol. The number of nitro groups is 2. The number of hydrogen-bond donors (Lipinski definition) is 0. The van der Waals surface area contributed by atoms with E-state index in [-0.39, 0.29) is 24.7 Å². The third-order valence-corrected chi connectivity index (χ3v) is 2.74. The van der Waals surface area contributed by atoms with Crippen molar-refractivity contribution in [3.63, 3.8) is 0 Å². The van der Waals surface area contributed by atoms with Gasteiger partial charge >= 0.3 is 11.4 Å². The summed E-state index contributed by atoms with van der Waals surface area (Å²) in [5.41, 5.74) is 6.27.